The number of hydrogen-bond acceptors (Lipinski definition) is 7. The zero-order valence-corrected chi connectivity index (χ0v) is 16.9. The lowest BCUT2D eigenvalue weighted by atomic mass is 10.1. The highest BCUT2D eigenvalue weighted by Crippen LogP contribution is 2.31. The van der Waals surface area contributed by atoms with Gasteiger partial charge in [0.25, 0.3) is 0 Å². The van der Waals surface area contributed by atoms with E-state index in [1.54, 1.807) is 18.3 Å². The molecule has 3 heterocycles. The van der Waals surface area contributed by atoms with E-state index in [0.29, 0.717) is 0 Å². The standard InChI is InChI=1S/C21H23N5OS/c1-15(27)16-3-5-17(6-4-16)19-14-23-21(28-19)24-20-13-18(7-8-22-20)26-11-9-25(2)10-12-26/h3-8,13-14H,9-12H2,1-2H3,(H,22,23,24). The number of thiazole rings is 1. The van der Waals surface area contributed by atoms with Crippen LogP contribution in [0.3, 0.4) is 0 Å². The second-order valence-corrected chi connectivity index (χ2v) is 8.01. The van der Waals surface area contributed by atoms with Crippen LogP contribution in [0.2, 0.25) is 0 Å². The fraction of sp³-hybridized carbons (Fsp3) is 0.286. The van der Waals surface area contributed by atoms with Crippen LogP contribution in [0, 0.1) is 0 Å². The van der Waals surface area contributed by atoms with Crippen LogP contribution in [-0.4, -0.2) is 53.9 Å². The van der Waals surface area contributed by atoms with Gasteiger partial charge in [0.05, 0.1) is 4.88 Å². The first-order chi connectivity index (χ1) is 13.6. The number of likely N-dealkylation sites (N-methyl/N-ethyl adjacent to an activating group) is 1. The van der Waals surface area contributed by atoms with E-state index in [1.165, 1.54) is 5.69 Å². The number of rotatable bonds is 5. The fourth-order valence-corrected chi connectivity index (χ4v) is 4.02. The van der Waals surface area contributed by atoms with Gasteiger partial charge in [-0.3, -0.25) is 4.79 Å². The topological polar surface area (TPSA) is 61.4 Å². The minimum atomic E-state index is 0.0736. The quantitative estimate of drug-likeness (QED) is 0.664. The molecule has 1 N–H and O–H groups in total. The lowest BCUT2D eigenvalue weighted by molar-refractivity contribution is 0.101. The van der Waals surface area contributed by atoms with Crippen molar-refractivity contribution < 1.29 is 4.79 Å². The molecule has 1 fully saturated rings. The van der Waals surface area contributed by atoms with Gasteiger partial charge in [0.2, 0.25) is 0 Å². The summed E-state index contributed by atoms with van der Waals surface area (Å²) in [6.07, 6.45) is 3.69. The molecule has 2 aromatic heterocycles. The van der Waals surface area contributed by atoms with Crippen LogP contribution in [0.15, 0.2) is 48.8 Å². The average Bonchev–Trinajstić information content (AvgIpc) is 3.17. The van der Waals surface area contributed by atoms with Gasteiger partial charge >= 0.3 is 0 Å². The van der Waals surface area contributed by atoms with Gasteiger partial charge in [-0.25, -0.2) is 9.97 Å². The molecule has 0 bridgehead atoms. The number of aromatic nitrogens is 2. The molecular formula is C21H23N5OS. The summed E-state index contributed by atoms with van der Waals surface area (Å²) in [6.45, 7) is 5.77. The third kappa shape index (κ3) is 4.21. The molecule has 0 atom stereocenters. The van der Waals surface area contributed by atoms with Gasteiger partial charge in [0.1, 0.15) is 5.82 Å². The Morgan fingerprint density at radius 3 is 2.54 bits per heavy atom. The Morgan fingerprint density at radius 2 is 1.82 bits per heavy atom. The number of carbonyl (C=O) groups is 1. The first kappa shape index (κ1) is 18.6. The van der Waals surface area contributed by atoms with Gasteiger partial charge in [-0.1, -0.05) is 35.6 Å². The van der Waals surface area contributed by atoms with Crippen LogP contribution in [0.1, 0.15) is 17.3 Å². The Bertz CT molecular complexity index is 961. The van der Waals surface area contributed by atoms with Crippen molar-refractivity contribution in [2.45, 2.75) is 6.92 Å². The Morgan fingerprint density at radius 1 is 1.07 bits per heavy atom. The van der Waals surface area contributed by atoms with Crippen molar-refractivity contribution in [3.05, 3.63) is 54.4 Å². The third-order valence-corrected chi connectivity index (χ3v) is 5.89. The van der Waals surface area contributed by atoms with E-state index in [1.807, 2.05) is 36.7 Å². The van der Waals surface area contributed by atoms with Crippen molar-refractivity contribution >= 4 is 33.8 Å². The predicted molar refractivity (Wildman–Crippen MR) is 115 cm³/mol. The van der Waals surface area contributed by atoms with E-state index >= 15 is 0 Å². The molecule has 1 aliphatic heterocycles. The molecule has 0 aliphatic carbocycles. The second-order valence-electron chi connectivity index (χ2n) is 6.98. The molecule has 0 amide bonds. The van der Waals surface area contributed by atoms with Crippen LogP contribution in [0.25, 0.3) is 10.4 Å². The minimum absolute atomic E-state index is 0.0736. The summed E-state index contributed by atoms with van der Waals surface area (Å²) in [6, 6.07) is 11.8. The molecule has 7 heteroatoms. The molecule has 1 saturated heterocycles. The van der Waals surface area contributed by atoms with Crippen LogP contribution >= 0.6 is 11.3 Å². The van der Waals surface area contributed by atoms with Crippen molar-refractivity contribution in [2.24, 2.45) is 0 Å². The Balaban J connectivity index is 1.46. The Labute approximate surface area is 168 Å². The number of Topliss-reactive ketones (excluding diaryl/α,β-unsaturated/α-hetero) is 1. The van der Waals surface area contributed by atoms with Gasteiger partial charge < -0.3 is 15.1 Å². The molecule has 6 nitrogen and oxygen atoms in total. The number of carbonyl (C=O) groups excluding carboxylic acids is 1. The normalized spacial score (nSPS) is 14.9. The van der Waals surface area contributed by atoms with E-state index in [-0.39, 0.29) is 5.78 Å². The highest BCUT2D eigenvalue weighted by atomic mass is 32.1. The summed E-state index contributed by atoms with van der Waals surface area (Å²) < 4.78 is 0. The zero-order chi connectivity index (χ0) is 19.5. The summed E-state index contributed by atoms with van der Waals surface area (Å²) in [5.41, 5.74) is 2.95. The highest BCUT2D eigenvalue weighted by Gasteiger charge is 2.15. The van der Waals surface area contributed by atoms with Crippen LogP contribution in [0.5, 0.6) is 0 Å². The first-order valence-electron chi connectivity index (χ1n) is 9.32. The third-order valence-electron chi connectivity index (χ3n) is 4.93. The van der Waals surface area contributed by atoms with Crippen molar-refractivity contribution in [1.82, 2.24) is 14.9 Å². The van der Waals surface area contributed by atoms with E-state index in [9.17, 15) is 4.79 Å². The van der Waals surface area contributed by atoms with Gasteiger partial charge in [0.15, 0.2) is 10.9 Å². The largest absolute Gasteiger partial charge is 0.369 e. The summed E-state index contributed by atoms with van der Waals surface area (Å²) in [5.74, 6) is 0.869. The van der Waals surface area contributed by atoms with Crippen molar-refractivity contribution in [3.8, 4) is 10.4 Å². The van der Waals surface area contributed by atoms with Gasteiger partial charge in [-0.2, -0.15) is 0 Å². The molecule has 0 radical (unpaired) electrons. The van der Waals surface area contributed by atoms with Crippen LogP contribution in [0.4, 0.5) is 16.6 Å². The summed E-state index contributed by atoms with van der Waals surface area (Å²) in [4.78, 5) is 26.1. The number of piperazine rings is 1. The van der Waals surface area contributed by atoms with Gasteiger partial charge in [-0.15, -0.1) is 0 Å². The van der Waals surface area contributed by atoms with Gasteiger partial charge in [0, 0.05) is 55.9 Å². The molecule has 1 aliphatic rings. The lowest BCUT2D eigenvalue weighted by Crippen LogP contribution is -2.44. The molecule has 4 rings (SSSR count). The Hall–Kier alpha value is -2.77. The molecule has 144 valence electrons. The Kier molecular flexibility index (Phi) is 5.36. The monoisotopic (exact) mass is 393 g/mol. The number of nitrogens with one attached hydrogen (secondary N) is 1. The summed E-state index contributed by atoms with van der Waals surface area (Å²) >= 11 is 1.57. The molecular weight excluding hydrogens is 370 g/mol. The van der Waals surface area contributed by atoms with E-state index in [4.69, 9.17) is 0 Å². The number of ketones is 1. The highest BCUT2D eigenvalue weighted by molar-refractivity contribution is 7.18. The SMILES string of the molecule is CC(=O)c1ccc(-c2cnc(Nc3cc(N4CCN(C)CC4)ccn3)s2)cc1. The first-order valence-corrected chi connectivity index (χ1v) is 10.1. The lowest BCUT2D eigenvalue weighted by Gasteiger charge is -2.34. The minimum Gasteiger partial charge on any atom is -0.369 e. The fourth-order valence-electron chi connectivity index (χ4n) is 3.19. The molecule has 28 heavy (non-hydrogen) atoms. The number of hydrogen-bond donors (Lipinski definition) is 1. The molecule has 0 unspecified atom stereocenters. The number of nitrogens with zero attached hydrogens (tertiary/aromatic N) is 4. The van der Waals surface area contributed by atoms with Gasteiger partial charge in [-0.05, 0) is 25.6 Å². The van der Waals surface area contributed by atoms with E-state index in [0.717, 1.165) is 53.1 Å². The molecule has 0 spiro atoms. The number of pyridine rings is 1. The maximum Gasteiger partial charge on any atom is 0.188 e. The summed E-state index contributed by atoms with van der Waals surface area (Å²) in [7, 11) is 2.16. The maximum absolute atomic E-state index is 11.4. The zero-order valence-electron chi connectivity index (χ0n) is 16.1. The molecule has 1 aromatic carbocycles. The summed E-state index contributed by atoms with van der Waals surface area (Å²) in [5, 5.41) is 4.12. The smallest absolute Gasteiger partial charge is 0.188 e. The molecule has 0 saturated carbocycles. The number of benzene rings is 1. The predicted octanol–water partition coefficient (Wildman–Crippen LogP) is 3.90. The van der Waals surface area contributed by atoms with Crippen molar-refractivity contribution in [3.63, 3.8) is 0 Å². The average molecular weight is 394 g/mol. The van der Waals surface area contributed by atoms with Crippen LogP contribution < -0.4 is 10.2 Å². The maximum atomic E-state index is 11.4. The van der Waals surface area contributed by atoms with E-state index < -0.39 is 0 Å². The van der Waals surface area contributed by atoms with Crippen LogP contribution in [-0.2, 0) is 0 Å². The van der Waals surface area contributed by atoms with E-state index in [2.05, 4.69) is 44.3 Å². The number of anilines is 3. The second kappa shape index (κ2) is 8.08. The van der Waals surface area contributed by atoms with Crippen molar-refractivity contribution in [1.29, 1.82) is 0 Å². The molecule has 3 aromatic rings. The van der Waals surface area contributed by atoms with Crippen molar-refractivity contribution in [2.75, 3.05) is 43.4 Å².